The molecule has 0 heterocycles. The molecule has 2 aromatic carbocycles. The van der Waals surface area contributed by atoms with Gasteiger partial charge >= 0.3 is 5.97 Å². The van der Waals surface area contributed by atoms with E-state index < -0.39 is 16.0 Å². The monoisotopic (exact) mass is 418 g/mol. The van der Waals surface area contributed by atoms with Crippen molar-refractivity contribution >= 4 is 27.9 Å². The third-order valence-electron chi connectivity index (χ3n) is 3.92. The van der Waals surface area contributed by atoms with Crippen LogP contribution in [0, 0.1) is 0 Å². The number of unbranched alkanes of at least 4 members (excludes halogenated alkanes) is 2. The van der Waals surface area contributed by atoms with Crippen molar-refractivity contribution < 1.29 is 22.7 Å². The molecule has 0 atom stereocenters. The van der Waals surface area contributed by atoms with E-state index in [1.54, 1.807) is 30.5 Å². The van der Waals surface area contributed by atoms with Crippen LogP contribution in [0.15, 0.2) is 52.4 Å². The maximum absolute atomic E-state index is 12.4. The van der Waals surface area contributed by atoms with Crippen molar-refractivity contribution in [1.29, 1.82) is 0 Å². The molecule has 2 N–H and O–H groups in total. The molecule has 0 fully saturated rings. The fraction of sp³-hybridized carbons (Fsp3) is 0.333. The summed E-state index contributed by atoms with van der Waals surface area (Å²) in [4.78, 5) is 16.4. The molecule has 8 heteroatoms. The lowest BCUT2D eigenvalue weighted by Gasteiger charge is -2.14. The van der Waals surface area contributed by atoms with Gasteiger partial charge in [0.2, 0.25) is 10.0 Å². The summed E-state index contributed by atoms with van der Waals surface area (Å²) in [5.41, 5.74) is 0.241. The van der Waals surface area contributed by atoms with Crippen molar-refractivity contribution in [1.82, 2.24) is 0 Å². The standard InChI is InChI=1S/C21H26N2O5S/c1-3-5-12-23-18-14-16(21(24)27-13-6-4-2)15-19(29(22,25)26)20(18)28-17-10-8-7-9-11-17/h7-12,14-15H,3-6,13H2,1-2H3,(H2,22,25,26). The lowest BCUT2D eigenvalue weighted by molar-refractivity contribution is 0.0499. The number of nitrogens with two attached hydrogens (primary N) is 1. The van der Waals surface area contributed by atoms with Crippen LogP contribution in [-0.2, 0) is 14.8 Å². The number of carbonyl (C=O) groups excluding carboxylic acids is 1. The van der Waals surface area contributed by atoms with Crippen LogP contribution < -0.4 is 9.88 Å². The minimum absolute atomic E-state index is 0.0313. The number of nitrogens with zero attached hydrogens (tertiary/aromatic N) is 1. The number of carbonyl (C=O) groups is 1. The second-order valence-electron chi connectivity index (χ2n) is 6.37. The Hall–Kier alpha value is -2.71. The van der Waals surface area contributed by atoms with Crippen LogP contribution in [0.2, 0.25) is 0 Å². The number of hydrogen-bond donors (Lipinski definition) is 1. The number of hydrogen-bond acceptors (Lipinski definition) is 6. The summed E-state index contributed by atoms with van der Waals surface area (Å²) in [7, 11) is -4.19. The van der Waals surface area contributed by atoms with E-state index in [-0.39, 0.29) is 28.5 Å². The van der Waals surface area contributed by atoms with Crippen molar-refractivity contribution in [2.75, 3.05) is 6.61 Å². The molecule has 29 heavy (non-hydrogen) atoms. The Balaban J connectivity index is 2.57. The number of primary sulfonamides is 1. The van der Waals surface area contributed by atoms with E-state index in [1.807, 2.05) is 19.9 Å². The Labute approximate surface area is 171 Å². The first kappa shape index (κ1) is 22.6. The SMILES string of the molecule is CCCC=Nc1cc(C(=O)OCCCC)cc(S(N)(=O)=O)c1Oc1ccccc1. The molecular weight excluding hydrogens is 392 g/mol. The van der Waals surface area contributed by atoms with Crippen LogP contribution in [0.25, 0.3) is 0 Å². The normalized spacial score (nSPS) is 11.6. The lowest BCUT2D eigenvalue weighted by atomic mass is 10.2. The maximum Gasteiger partial charge on any atom is 0.338 e. The number of benzene rings is 2. The highest BCUT2D eigenvalue weighted by Crippen LogP contribution is 2.39. The molecule has 2 rings (SSSR count). The van der Waals surface area contributed by atoms with Gasteiger partial charge in [-0.3, -0.25) is 4.99 Å². The van der Waals surface area contributed by atoms with E-state index in [0.29, 0.717) is 18.6 Å². The third-order valence-corrected chi connectivity index (χ3v) is 4.84. The first-order valence-corrected chi connectivity index (χ1v) is 11.0. The fourth-order valence-electron chi connectivity index (χ4n) is 2.41. The van der Waals surface area contributed by atoms with Gasteiger partial charge in [-0.2, -0.15) is 0 Å². The predicted molar refractivity (Wildman–Crippen MR) is 113 cm³/mol. The average molecular weight is 419 g/mol. The summed E-state index contributed by atoms with van der Waals surface area (Å²) in [6.45, 7) is 4.21. The number of rotatable bonds is 10. The van der Waals surface area contributed by atoms with Gasteiger partial charge in [0.15, 0.2) is 5.75 Å². The minimum Gasteiger partial charge on any atom is -0.462 e. The van der Waals surface area contributed by atoms with E-state index in [2.05, 4.69) is 4.99 Å². The molecule has 2 aromatic rings. The van der Waals surface area contributed by atoms with Gasteiger partial charge in [0, 0.05) is 6.21 Å². The van der Waals surface area contributed by atoms with Crippen molar-refractivity contribution in [2.45, 2.75) is 44.4 Å². The van der Waals surface area contributed by atoms with E-state index in [9.17, 15) is 13.2 Å². The summed E-state index contributed by atoms with van der Waals surface area (Å²) in [5.74, 6) is -0.250. The van der Waals surface area contributed by atoms with Gasteiger partial charge in [-0.25, -0.2) is 18.4 Å². The van der Waals surface area contributed by atoms with Gasteiger partial charge < -0.3 is 9.47 Å². The van der Waals surface area contributed by atoms with Crippen molar-refractivity contribution in [3.63, 3.8) is 0 Å². The molecule has 156 valence electrons. The number of aliphatic imine (C=N–C) groups is 1. The molecule has 0 unspecified atom stereocenters. The zero-order valence-corrected chi connectivity index (χ0v) is 17.4. The second-order valence-corrected chi connectivity index (χ2v) is 7.90. The Kier molecular flexibility index (Phi) is 8.35. The highest BCUT2D eigenvalue weighted by Gasteiger charge is 2.24. The molecule has 0 saturated heterocycles. The number of para-hydroxylation sites is 1. The van der Waals surface area contributed by atoms with Crippen molar-refractivity contribution in [3.8, 4) is 11.5 Å². The molecule has 0 bridgehead atoms. The zero-order chi connectivity index (χ0) is 21.3. The molecule has 7 nitrogen and oxygen atoms in total. The van der Waals surface area contributed by atoms with Crippen molar-refractivity contribution in [3.05, 3.63) is 48.0 Å². The average Bonchev–Trinajstić information content (AvgIpc) is 2.69. The highest BCUT2D eigenvalue weighted by molar-refractivity contribution is 7.89. The van der Waals surface area contributed by atoms with Gasteiger partial charge in [0.05, 0.1) is 12.2 Å². The molecule has 0 spiro atoms. The number of sulfonamides is 1. The largest absolute Gasteiger partial charge is 0.462 e. The molecule has 0 aliphatic carbocycles. The minimum atomic E-state index is -4.19. The van der Waals surface area contributed by atoms with Gasteiger partial charge in [-0.1, -0.05) is 44.9 Å². The third kappa shape index (κ3) is 6.69. The summed E-state index contributed by atoms with van der Waals surface area (Å²) < 4.78 is 35.5. The number of esters is 1. The van der Waals surface area contributed by atoms with Crippen LogP contribution in [0.4, 0.5) is 5.69 Å². The van der Waals surface area contributed by atoms with Gasteiger partial charge in [-0.15, -0.1) is 0 Å². The first-order valence-electron chi connectivity index (χ1n) is 9.50. The van der Waals surface area contributed by atoms with Gasteiger partial charge in [0.25, 0.3) is 0 Å². The Morgan fingerprint density at radius 2 is 1.86 bits per heavy atom. The molecule has 0 aliphatic heterocycles. The smallest absolute Gasteiger partial charge is 0.338 e. The Morgan fingerprint density at radius 3 is 2.48 bits per heavy atom. The zero-order valence-electron chi connectivity index (χ0n) is 16.6. The molecule has 0 radical (unpaired) electrons. The van der Waals surface area contributed by atoms with E-state index in [0.717, 1.165) is 12.8 Å². The Bertz CT molecular complexity index is 957. The first-order chi connectivity index (χ1) is 13.9. The fourth-order valence-corrected chi connectivity index (χ4v) is 3.10. The highest BCUT2D eigenvalue weighted by atomic mass is 32.2. The van der Waals surface area contributed by atoms with Gasteiger partial charge in [0.1, 0.15) is 16.3 Å². The molecule has 0 aliphatic rings. The summed E-state index contributed by atoms with van der Waals surface area (Å²) >= 11 is 0. The second kappa shape index (κ2) is 10.7. The van der Waals surface area contributed by atoms with E-state index in [4.69, 9.17) is 14.6 Å². The maximum atomic E-state index is 12.4. The lowest BCUT2D eigenvalue weighted by Crippen LogP contribution is -2.15. The van der Waals surface area contributed by atoms with Crippen LogP contribution >= 0.6 is 0 Å². The topological polar surface area (TPSA) is 108 Å². The molecule has 0 amide bonds. The molecule has 0 saturated carbocycles. The van der Waals surface area contributed by atoms with Crippen LogP contribution in [0.5, 0.6) is 11.5 Å². The van der Waals surface area contributed by atoms with E-state index >= 15 is 0 Å². The van der Waals surface area contributed by atoms with Crippen LogP contribution in [0.1, 0.15) is 49.9 Å². The predicted octanol–water partition coefficient (Wildman–Crippen LogP) is 4.59. The molecular formula is C21H26N2O5S. The van der Waals surface area contributed by atoms with Crippen LogP contribution in [-0.4, -0.2) is 27.2 Å². The summed E-state index contributed by atoms with van der Waals surface area (Å²) in [6, 6.07) is 11.3. The summed E-state index contributed by atoms with van der Waals surface area (Å²) in [6.07, 6.45) is 4.77. The van der Waals surface area contributed by atoms with Gasteiger partial charge in [-0.05, 0) is 37.1 Å². The number of ether oxygens (including phenoxy) is 2. The van der Waals surface area contributed by atoms with Crippen LogP contribution in [0.3, 0.4) is 0 Å². The molecule has 0 aromatic heterocycles. The van der Waals surface area contributed by atoms with E-state index in [1.165, 1.54) is 12.1 Å². The Morgan fingerprint density at radius 1 is 1.14 bits per heavy atom. The summed E-state index contributed by atoms with van der Waals surface area (Å²) in [5, 5.41) is 5.41. The quantitative estimate of drug-likeness (QED) is 0.345. The van der Waals surface area contributed by atoms with Crippen molar-refractivity contribution in [2.24, 2.45) is 10.1 Å².